The number of benzene rings is 5. The number of anilines is 1. The molecule has 1 aliphatic heterocycles. The maximum Gasteiger partial charge on any atom is 0.408 e. The van der Waals surface area contributed by atoms with Gasteiger partial charge in [-0.05, 0) is 117 Å². The van der Waals surface area contributed by atoms with Gasteiger partial charge in [0.1, 0.15) is 29.5 Å². The van der Waals surface area contributed by atoms with Crippen LogP contribution in [-0.2, 0) is 56.1 Å². The largest absolute Gasteiger partial charge is 0.508 e. The van der Waals surface area contributed by atoms with Gasteiger partial charge in [0.2, 0.25) is 29.5 Å². The van der Waals surface area contributed by atoms with Crippen molar-refractivity contribution >= 4 is 71.2 Å². The molecule has 8 amide bonds. The molecular formula is C74H101N15O15. The van der Waals surface area contributed by atoms with Gasteiger partial charge >= 0.3 is 30.0 Å². The number of ether oxygens (including phenoxy) is 1. The number of amides is 8. The number of aliphatic imine (C=N–C) groups is 1. The first-order valence-electron chi connectivity index (χ1n) is 34.9. The number of guanidine groups is 1. The first-order valence-corrected chi connectivity index (χ1v) is 34.9. The minimum Gasteiger partial charge on any atom is -0.508 e. The van der Waals surface area contributed by atoms with Gasteiger partial charge in [0.25, 0.3) is 0 Å². The highest BCUT2D eigenvalue weighted by Crippen LogP contribution is 2.27. The lowest BCUT2D eigenvalue weighted by Gasteiger charge is -2.33. The van der Waals surface area contributed by atoms with Crippen molar-refractivity contribution in [3.05, 3.63) is 156 Å². The number of carbonyl (C=O) groups excluding carboxylic acids is 7. The SMILES string of the molecule is CCNC(=O)NC(N)=NCCC[C@@H](NC(=O)C(c1ccccc1)c1ccc(NCCCNC(=O)[C@@H](CCCNC(=O)[C@@H](Cc2ccc(-c3ccccc3)cc2)NC(=O)CN2CCN(CC(=O)O)CCN(CC(=O)O)CCN(CC(=O)O)CC2)NC(=O)OC(C)(C)C)cc1)C(=O)NCc1ccc(O)cc1. The maximum absolute atomic E-state index is 14.5. The van der Waals surface area contributed by atoms with Gasteiger partial charge in [-0.3, -0.25) is 68.3 Å². The van der Waals surface area contributed by atoms with Crippen LogP contribution in [0.25, 0.3) is 11.1 Å². The molecule has 104 heavy (non-hydrogen) atoms. The van der Waals surface area contributed by atoms with Crippen LogP contribution in [0.4, 0.5) is 15.3 Å². The summed E-state index contributed by atoms with van der Waals surface area (Å²) in [7, 11) is 0. The van der Waals surface area contributed by atoms with Crippen LogP contribution in [-0.4, -0.2) is 241 Å². The Bertz CT molecular complexity index is 3570. The lowest BCUT2D eigenvalue weighted by Crippen LogP contribution is -2.53. The summed E-state index contributed by atoms with van der Waals surface area (Å²) in [6, 6.07) is 36.3. The first kappa shape index (κ1) is 82.3. The molecule has 4 atom stereocenters. The Morgan fingerprint density at radius 3 is 1.54 bits per heavy atom. The second kappa shape index (κ2) is 43.3. The van der Waals surface area contributed by atoms with Gasteiger partial charge in [0.15, 0.2) is 5.96 Å². The van der Waals surface area contributed by atoms with E-state index in [4.69, 9.17) is 10.5 Å². The number of phenolic OH excluding ortho intramolecular Hbond substituents is 1. The summed E-state index contributed by atoms with van der Waals surface area (Å²) >= 11 is 0. The Morgan fingerprint density at radius 1 is 0.510 bits per heavy atom. The number of phenols is 1. The van der Waals surface area contributed by atoms with E-state index in [1.54, 1.807) is 59.4 Å². The van der Waals surface area contributed by atoms with Crippen LogP contribution < -0.4 is 53.6 Å². The van der Waals surface area contributed by atoms with E-state index in [0.29, 0.717) is 42.7 Å². The highest BCUT2D eigenvalue weighted by molar-refractivity contribution is 5.95. The Kier molecular flexibility index (Phi) is 34.3. The van der Waals surface area contributed by atoms with Crippen LogP contribution in [0.15, 0.2) is 138 Å². The molecule has 5 aromatic rings. The molecule has 1 aliphatic rings. The van der Waals surface area contributed by atoms with E-state index in [9.17, 15) is 68.4 Å². The summed E-state index contributed by atoms with van der Waals surface area (Å²) < 4.78 is 5.52. The molecule has 1 heterocycles. The third-order valence-electron chi connectivity index (χ3n) is 16.7. The lowest BCUT2D eigenvalue weighted by molar-refractivity contribution is -0.140. The molecule has 1 fully saturated rings. The second-order valence-corrected chi connectivity index (χ2v) is 26.2. The van der Waals surface area contributed by atoms with Gasteiger partial charge in [-0.2, -0.15) is 0 Å². The van der Waals surface area contributed by atoms with Crippen LogP contribution in [0.2, 0.25) is 0 Å². The number of nitrogens with zero attached hydrogens (tertiary/aromatic N) is 5. The molecule has 0 saturated carbocycles. The molecule has 30 heteroatoms. The van der Waals surface area contributed by atoms with E-state index < -0.39 is 89.2 Å². The summed E-state index contributed by atoms with van der Waals surface area (Å²) in [5.74, 6) is -6.59. The van der Waals surface area contributed by atoms with Crippen molar-refractivity contribution in [3.63, 3.8) is 0 Å². The Hall–Kier alpha value is -10.7. The number of carboxylic acids is 3. The fraction of sp³-hybridized carbons (Fsp3) is 0.446. The predicted octanol–water partition coefficient (Wildman–Crippen LogP) is 3.32. The van der Waals surface area contributed by atoms with E-state index in [1.807, 2.05) is 109 Å². The van der Waals surface area contributed by atoms with E-state index in [2.05, 4.69) is 52.8 Å². The summed E-state index contributed by atoms with van der Waals surface area (Å²) in [6.45, 7) is 8.33. The molecular weight excluding hydrogens is 1340 g/mol. The van der Waals surface area contributed by atoms with Crippen molar-refractivity contribution < 1.29 is 73.1 Å². The summed E-state index contributed by atoms with van der Waals surface area (Å²) in [4.78, 5) is 142. The molecule has 0 bridgehead atoms. The molecule has 30 nitrogen and oxygen atoms in total. The van der Waals surface area contributed by atoms with Crippen LogP contribution >= 0.6 is 0 Å². The number of carboxylic acid groups (broad SMARTS) is 3. The molecule has 562 valence electrons. The number of rotatable bonds is 36. The fourth-order valence-corrected chi connectivity index (χ4v) is 11.4. The van der Waals surface area contributed by atoms with Crippen LogP contribution in [0.5, 0.6) is 5.75 Å². The van der Waals surface area contributed by atoms with Crippen molar-refractivity contribution in [1.82, 2.24) is 62.1 Å². The summed E-state index contributed by atoms with van der Waals surface area (Å²) in [5, 5.41) is 64.5. The zero-order chi connectivity index (χ0) is 75.4. The number of urea groups is 1. The number of hydrogen-bond acceptors (Lipinski definition) is 18. The van der Waals surface area contributed by atoms with Gasteiger partial charge < -0.3 is 73.4 Å². The van der Waals surface area contributed by atoms with Crippen molar-refractivity contribution in [2.45, 2.75) is 102 Å². The predicted molar refractivity (Wildman–Crippen MR) is 392 cm³/mol. The Balaban J connectivity index is 1.08. The third kappa shape index (κ3) is 31.3. The number of aliphatic carboxylic acids is 3. The standard InChI is InChI=1S/C74H101N15O15/c1-5-76-72(102)85-71(75)80-34-13-19-59(68(99)81-46-52-23-31-58(90)32-24-52)83-70(101)66(55-17-10-7-11-18-55)56-27-29-57(30-28-56)77-35-14-36-79-67(98)60(84-73(103)104-74(2,3)4)20-12-33-78-69(100)61(45-51-21-25-54(26-22-51)53-15-8-6-9-16-53)82-62(91)47-86-37-39-87(48-63(92)93)41-43-89(50-65(96)97)44-42-88(40-38-86)49-64(94)95/h6-11,15-18,21-32,59-61,66,77,90H,5,12-14,19-20,33-50H2,1-4H3,(H,78,100)(H,79,98)(H,81,99)(H,82,91)(H,83,101)(H,84,103)(H,92,93)(H,94,95)(H,96,97)(H4,75,76,80,85,102)/t59-,60-,61-,66?/m1/s1. The molecule has 0 spiro atoms. The highest BCUT2D eigenvalue weighted by atomic mass is 16.6. The zero-order valence-corrected chi connectivity index (χ0v) is 59.6. The van der Waals surface area contributed by atoms with E-state index in [0.717, 1.165) is 22.3 Å². The average Bonchev–Trinajstić information content (AvgIpc) is 0.818. The monoisotopic (exact) mass is 1440 g/mol. The number of carbonyl (C=O) groups is 10. The smallest absolute Gasteiger partial charge is 0.408 e. The Morgan fingerprint density at radius 2 is 0.990 bits per heavy atom. The number of aromatic hydroxyl groups is 1. The number of nitrogens with two attached hydrogens (primary N) is 1. The zero-order valence-electron chi connectivity index (χ0n) is 59.6. The molecule has 0 aliphatic carbocycles. The lowest BCUT2D eigenvalue weighted by atomic mass is 9.90. The minimum absolute atomic E-state index is 0.0285. The van der Waals surface area contributed by atoms with Gasteiger partial charge in [0.05, 0.1) is 32.1 Å². The molecule has 15 N–H and O–H groups in total. The molecule has 1 unspecified atom stereocenters. The van der Waals surface area contributed by atoms with E-state index in [-0.39, 0.29) is 142 Å². The van der Waals surface area contributed by atoms with Gasteiger partial charge in [-0.15, -0.1) is 0 Å². The summed E-state index contributed by atoms with van der Waals surface area (Å²) in [5.41, 5.74) is 10.4. The normalized spacial score (nSPS) is 14.8. The van der Waals surface area contributed by atoms with Gasteiger partial charge in [-0.25, -0.2) is 9.59 Å². The van der Waals surface area contributed by atoms with Crippen LogP contribution in [0, 0.1) is 0 Å². The van der Waals surface area contributed by atoms with Crippen molar-refractivity contribution in [3.8, 4) is 16.9 Å². The van der Waals surface area contributed by atoms with Crippen LogP contribution in [0.3, 0.4) is 0 Å². The quantitative estimate of drug-likeness (QED) is 0.0155. The van der Waals surface area contributed by atoms with Gasteiger partial charge in [0, 0.05) is 104 Å². The average molecular weight is 1440 g/mol. The number of hydrogen-bond donors (Lipinski definition) is 14. The molecule has 1 saturated heterocycles. The maximum atomic E-state index is 14.5. The van der Waals surface area contributed by atoms with Crippen molar-refractivity contribution in [1.29, 1.82) is 0 Å². The van der Waals surface area contributed by atoms with Crippen LogP contribution in [0.1, 0.15) is 88.0 Å². The number of nitrogens with one attached hydrogen (secondary N) is 9. The van der Waals surface area contributed by atoms with E-state index >= 15 is 0 Å². The van der Waals surface area contributed by atoms with Crippen molar-refractivity contribution in [2.75, 3.05) is 117 Å². The van der Waals surface area contributed by atoms with Crippen molar-refractivity contribution in [2.24, 2.45) is 10.7 Å². The third-order valence-corrected chi connectivity index (χ3v) is 16.7. The van der Waals surface area contributed by atoms with E-state index in [1.165, 1.54) is 12.1 Å². The molecule has 5 aromatic carbocycles. The minimum atomic E-state index is -1.11. The molecule has 0 aromatic heterocycles. The summed E-state index contributed by atoms with van der Waals surface area (Å²) in [6.07, 6.45) is 0.442. The fourth-order valence-electron chi connectivity index (χ4n) is 11.4. The van der Waals surface area contributed by atoms with Gasteiger partial charge in [-0.1, -0.05) is 109 Å². The second-order valence-electron chi connectivity index (χ2n) is 26.2. The molecule has 0 radical (unpaired) electrons. The Labute approximate surface area is 606 Å². The topological polar surface area (TPSA) is 420 Å². The first-order chi connectivity index (χ1) is 49.8. The molecule has 6 rings (SSSR count). The number of alkyl carbamates (subject to hydrolysis) is 1. The highest BCUT2D eigenvalue weighted by Gasteiger charge is 2.30.